The van der Waals surface area contributed by atoms with Crippen molar-refractivity contribution in [2.75, 3.05) is 0 Å². The smallest absolute Gasteiger partial charge is 0.338 e. The number of halogens is 3. The zero-order valence-electron chi connectivity index (χ0n) is 11.7. The van der Waals surface area contributed by atoms with E-state index in [2.05, 4.69) is 4.98 Å². The van der Waals surface area contributed by atoms with Crippen molar-refractivity contribution in [3.63, 3.8) is 0 Å². The van der Waals surface area contributed by atoms with Gasteiger partial charge in [0.1, 0.15) is 6.61 Å². The largest absolute Gasteiger partial charge is 0.454 e. The monoisotopic (exact) mass is 336 g/mol. The Balaban J connectivity index is 1.83. The third kappa shape index (κ3) is 3.17. The number of ether oxygens (including phenoxy) is 1. The van der Waals surface area contributed by atoms with Gasteiger partial charge in [0.15, 0.2) is 5.82 Å². The maximum absolute atomic E-state index is 13.3. The Labute approximate surface area is 135 Å². The van der Waals surface area contributed by atoms with E-state index < -0.39 is 12.5 Å². The van der Waals surface area contributed by atoms with Crippen LogP contribution in [0.25, 0.3) is 11.0 Å². The molecule has 0 aliphatic heterocycles. The van der Waals surface area contributed by atoms with Crippen LogP contribution in [0, 0.1) is 0 Å². The van der Waals surface area contributed by atoms with Crippen LogP contribution in [0.15, 0.2) is 48.5 Å². The minimum absolute atomic E-state index is 0.0106. The average Bonchev–Trinajstić information content (AvgIpc) is 2.91. The van der Waals surface area contributed by atoms with Gasteiger partial charge in [-0.1, -0.05) is 23.7 Å². The second-order valence-electron chi connectivity index (χ2n) is 4.75. The summed E-state index contributed by atoms with van der Waals surface area (Å²) in [5.41, 5.74) is 1.000. The molecule has 0 fully saturated rings. The molecular weight excluding hydrogens is 326 g/mol. The van der Waals surface area contributed by atoms with Crippen molar-refractivity contribution < 1.29 is 18.3 Å². The van der Waals surface area contributed by atoms with Crippen LogP contribution < -0.4 is 0 Å². The van der Waals surface area contributed by atoms with E-state index in [1.807, 2.05) is 0 Å². The SMILES string of the molecule is O=C(OCc1nc2ccccc2n1C(F)F)c1ccc(Cl)cc1. The van der Waals surface area contributed by atoms with Crippen LogP contribution in [0.1, 0.15) is 22.7 Å². The first-order chi connectivity index (χ1) is 11.1. The van der Waals surface area contributed by atoms with E-state index in [9.17, 15) is 13.6 Å². The number of alkyl halides is 2. The molecule has 0 N–H and O–H groups in total. The lowest BCUT2D eigenvalue weighted by Gasteiger charge is -2.08. The number of hydrogen-bond donors (Lipinski definition) is 0. The van der Waals surface area contributed by atoms with Gasteiger partial charge in [-0.3, -0.25) is 4.57 Å². The predicted octanol–water partition coefficient (Wildman–Crippen LogP) is 4.44. The van der Waals surface area contributed by atoms with Crippen LogP contribution in [0.4, 0.5) is 8.78 Å². The number of esters is 1. The summed E-state index contributed by atoms with van der Waals surface area (Å²) in [4.78, 5) is 16.0. The summed E-state index contributed by atoms with van der Waals surface area (Å²) in [5, 5.41) is 0.487. The number of rotatable bonds is 4. The number of carbonyl (C=O) groups is 1. The maximum atomic E-state index is 13.3. The summed E-state index contributed by atoms with van der Waals surface area (Å²) in [7, 11) is 0. The van der Waals surface area contributed by atoms with Gasteiger partial charge in [-0.05, 0) is 36.4 Å². The van der Waals surface area contributed by atoms with Crippen LogP contribution >= 0.6 is 11.6 Å². The molecule has 0 radical (unpaired) electrons. The molecule has 118 valence electrons. The van der Waals surface area contributed by atoms with Crippen molar-refractivity contribution in [2.24, 2.45) is 0 Å². The van der Waals surface area contributed by atoms with Crippen molar-refractivity contribution in [3.05, 3.63) is 64.9 Å². The molecular formula is C16H11ClF2N2O2. The summed E-state index contributed by atoms with van der Waals surface area (Å²) in [6.07, 6.45) is 0. The predicted molar refractivity (Wildman–Crippen MR) is 81.6 cm³/mol. The second kappa shape index (κ2) is 6.34. The van der Waals surface area contributed by atoms with E-state index in [0.29, 0.717) is 16.1 Å². The van der Waals surface area contributed by atoms with E-state index in [4.69, 9.17) is 16.3 Å². The van der Waals surface area contributed by atoms with Crippen molar-refractivity contribution in [2.45, 2.75) is 13.2 Å². The highest BCUT2D eigenvalue weighted by molar-refractivity contribution is 6.30. The quantitative estimate of drug-likeness (QED) is 0.661. The number of para-hydroxylation sites is 2. The topological polar surface area (TPSA) is 44.1 Å². The standard InChI is InChI=1S/C16H11ClF2N2O2/c17-11-7-5-10(6-8-11)15(22)23-9-14-20-12-3-1-2-4-13(12)21(14)16(18)19/h1-8,16H,9H2. The second-order valence-corrected chi connectivity index (χ2v) is 5.18. The summed E-state index contributed by atoms with van der Waals surface area (Å²) < 4.78 is 32.3. The number of nitrogens with zero attached hydrogens (tertiary/aromatic N) is 2. The van der Waals surface area contributed by atoms with E-state index >= 15 is 0 Å². The fourth-order valence-electron chi connectivity index (χ4n) is 2.21. The minimum atomic E-state index is -2.77. The van der Waals surface area contributed by atoms with Crippen molar-refractivity contribution in [3.8, 4) is 0 Å². The summed E-state index contributed by atoms with van der Waals surface area (Å²) in [6, 6.07) is 12.6. The molecule has 3 aromatic rings. The van der Waals surface area contributed by atoms with Crippen molar-refractivity contribution in [1.29, 1.82) is 0 Å². The highest BCUT2D eigenvalue weighted by atomic mass is 35.5. The van der Waals surface area contributed by atoms with Crippen molar-refractivity contribution in [1.82, 2.24) is 9.55 Å². The third-order valence-corrected chi connectivity index (χ3v) is 3.53. The van der Waals surface area contributed by atoms with E-state index in [-0.39, 0.29) is 18.0 Å². The van der Waals surface area contributed by atoms with E-state index in [1.54, 1.807) is 36.4 Å². The molecule has 1 heterocycles. The first-order valence-electron chi connectivity index (χ1n) is 6.73. The third-order valence-electron chi connectivity index (χ3n) is 3.28. The molecule has 3 rings (SSSR count). The lowest BCUT2D eigenvalue weighted by Crippen LogP contribution is -2.10. The van der Waals surface area contributed by atoms with Gasteiger partial charge in [-0.2, -0.15) is 8.78 Å². The van der Waals surface area contributed by atoms with Crippen molar-refractivity contribution >= 4 is 28.6 Å². The zero-order valence-corrected chi connectivity index (χ0v) is 12.5. The lowest BCUT2D eigenvalue weighted by atomic mass is 10.2. The van der Waals surface area contributed by atoms with Gasteiger partial charge < -0.3 is 4.74 Å². The van der Waals surface area contributed by atoms with Gasteiger partial charge in [0, 0.05) is 5.02 Å². The van der Waals surface area contributed by atoms with Gasteiger partial charge >= 0.3 is 12.5 Å². The van der Waals surface area contributed by atoms with Crippen LogP contribution in [0.3, 0.4) is 0 Å². The van der Waals surface area contributed by atoms with Gasteiger partial charge in [-0.25, -0.2) is 9.78 Å². The Morgan fingerprint density at radius 3 is 2.57 bits per heavy atom. The van der Waals surface area contributed by atoms with Crippen LogP contribution in [-0.4, -0.2) is 15.5 Å². The normalized spacial score (nSPS) is 11.1. The number of carbonyl (C=O) groups excluding carboxylic acids is 1. The fraction of sp³-hybridized carbons (Fsp3) is 0.125. The van der Waals surface area contributed by atoms with Gasteiger partial charge in [-0.15, -0.1) is 0 Å². The van der Waals surface area contributed by atoms with Gasteiger partial charge in [0.25, 0.3) is 0 Å². The molecule has 0 aliphatic rings. The summed E-state index contributed by atoms with van der Waals surface area (Å²) in [5.74, 6) is -0.641. The molecule has 0 saturated heterocycles. The molecule has 0 unspecified atom stereocenters. The van der Waals surface area contributed by atoms with E-state index in [0.717, 1.165) is 4.57 Å². The average molecular weight is 337 g/mol. The van der Waals surface area contributed by atoms with Gasteiger partial charge in [0.05, 0.1) is 16.6 Å². The highest BCUT2D eigenvalue weighted by Crippen LogP contribution is 2.23. The summed E-state index contributed by atoms with van der Waals surface area (Å²) in [6.45, 7) is -3.12. The van der Waals surface area contributed by atoms with Crippen LogP contribution in [-0.2, 0) is 11.3 Å². The minimum Gasteiger partial charge on any atom is -0.454 e. The number of hydrogen-bond acceptors (Lipinski definition) is 3. The highest BCUT2D eigenvalue weighted by Gasteiger charge is 2.19. The number of imidazole rings is 1. The Morgan fingerprint density at radius 2 is 1.87 bits per heavy atom. The molecule has 0 bridgehead atoms. The number of fused-ring (bicyclic) bond motifs is 1. The first-order valence-corrected chi connectivity index (χ1v) is 7.11. The number of benzene rings is 2. The van der Waals surface area contributed by atoms with Crippen LogP contribution in [0.2, 0.25) is 5.02 Å². The molecule has 0 amide bonds. The number of aromatic nitrogens is 2. The lowest BCUT2D eigenvalue weighted by molar-refractivity contribution is 0.0387. The summed E-state index contributed by atoms with van der Waals surface area (Å²) >= 11 is 5.74. The maximum Gasteiger partial charge on any atom is 0.338 e. The molecule has 7 heteroatoms. The molecule has 23 heavy (non-hydrogen) atoms. The van der Waals surface area contributed by atoms with Gasteiger partial charge in [0.2, 0.25) is 0 Å². The zero-order chi connectivity index (χ0) is 16.4. The van der Waals surface area contributed by atoms with E-state index in [1.165, 1.54) is 12.1 Å². The fourth-order valence-corrected chi connectivity index (χ4v) is 2.34. The Bertz CT molecular complexity index is 847. The Morgan fingerprint density at radius 1 is 1.17 bits per heavy atom. The van der Waals surface area contributed by atoms with Crippen LogP contribution in [0.5, 0.6) is 0 Å². The molecule has 1 aromatic heterocycles. The Hall–Kier alpha value is -2.47. The molecule has 0 atom stereocenters. The first kappa shape index (κ1) is 15.4. The molecule has 0 saturated carbocycles. The molecule has 0 spiro atoms. The Kier molecular flexibility index (Phi) is 4.25. The molecule has 4 nitrogen and oxygen atoms in total. The molecule has 2 aromatic carbocycles. The molecule has 0 aliphatic carbocycles.